The lowest BCUT2D eigenvalue weighted by Gasteiger charge is -2.26. The van der Waals surface area contributed by atoms with Crippen molar-refractivity contribution in [3.63, 3.8) is 0 Å². The summed E-state index contributed by atoms with van der Waals surface area (Å²) in [5.41, 5.74) is 3.91. The second-order valence-electron chi connectivity index (χ2n) is 5.99. The fourth-order valence-electron chi connectivity index (χ4n) is 2.13. The lowest BCUT2D eigenvalue weighted by Crippen LogP contribution is -2.28. The second-order valence-corrected chi connectivity index (χ2v) is 5.99. The van der Waals surface area contributed by atoms with E-state index in [4.69, 9.17) is 5.84 Å². The van der Waals surface area contributed by atoms with Crippen LogP contribution in [-0.4, -0.2) is 23.4 Å². The summed E-state index contributed by atoms with van der Waals surface area (Å²) < 4.78 is 0. The molecule has 0 radical (unpaired) electrons. The Kier molecular flexibility index (Phi) is 4.85. The van der Waals surface area contributed by atoms with Crippen LogP contribution < -0.4 is 11.3 Å². The quantitative estimate of drug-likeness (QED) is 0.485. The summed E-state index contributed by atoms with van der Waals surface area (Å²) in [7, 11) is 2.03. The molecule has 0 aliphatic carbocycles. The normalized spacial score (nSPS) is 11.7. The number of hydrogen-bond acceptors (Lipinski definition) is 5. The molecule has 106 valence electrons. The van der Waals surface area contributed by atoms with Gasteiger partial charge < -0.3 is 10.3 Å². The van der Waals surface area contributed by atoms with E-state index in [2.05, 4.69) is 31.1 Å². The van der Waals surface area contributed by atoms with E-state index >= 15 is 0 Å². The van der Waals surface area contributed by atoms with Gasteiger partial charge in [-0.15, -0.1) is 0 Å². The molecule has 0 atom stereocenters. The third kappa shape index (κ3) is 4.84. The van der Waals surface area contributed by atoms with Gasteiger partial charge in [0, 0.05) is 19.2 Å². The minimum Gasteiger partial charge on any atom is -0.318 e. The highest BCUT2D eigenvalue weighted by Gasteiger charge is 2.16. The number of nitrogens with zero attached hydrogens (tertiary/aromatic N) is 2. The van der Waals surface area contributed by atoms with Crippen molar-refractivity contribution in [1.29, 1.82) is 0 Å². The smallest absolute Gasteiger partial charge is 0.293 e. The Labute approximate surface area is 113 Å². The van der Waals surface area contributed by atoms with Gasteiger partial charge in [-0.2, -0.15) is 0 Å². The molecule has 0 unspecified atom stereocenters. The van der Waals surface area contributed by atoms with Gasteiger partial charge in [0.1, 0.15) is 5.69 Å². The van der Waals surface area contributed by atoms with Crippen LogP contribution >= 0.6 is 0 Å². The standard InChI is InChI=1S/C13H22N4O2/c1-13(2,3)9-16(4)8-10-5-6-12(17(18)19)11(7-10)15-14/h5-7,15H,8-9,14H2,1-4H3. The predicted octanol–water partition coefficient (Wildman–Crippen LogP) is 2.36. The van der Waals surface area contributed by atoms with Crippen LogP contribution in [0.5, 0.6) is 0 Å². The van der Waals surface area contributed by atoms with Gasteiger partial charge in [0.25, 0.3) is 5.69 Å². The van der Waals surface area contributed by atoms with Gasteiger partial charge in [0.15, 0.2) is 0 Å². The fourth-order valence-corrected chi connectivity index (χ4v) is 2.13. The molecule has 0 fully saturated rings. The molecule has 0 aliphatic heterocycles. The Balaban J connectivity index is 2.83. The maximum Gasteiger partial charge on any atom is 0.293 e. The van der Waals surface area contributed by atoms with E-state index in [-0.39, 0.29) is 11.1 Å². The van der Waals surface area contributed by atoms with Crippen LogP contribution in [0.1, 0.15) is 26.3 Å². The first-order chi connectivity index (χ1) is 8.73. The average molecular weight is 266 g/mol. The third-order valence-corrected chi connectivity index (χ3v) is 2.61. The number of hydrazine groups is 1. The maximum atomic E-state index is 10.8. The average Bonchev–Trinajstić information content (AvgIpc) is 2.25. The van der Waals surface area contributed by atoms with E-state index in [9.17, 15) is 10.1 Å². The zero-order valence-electron chi connectivity index (χ0n) is 11.9. The molecule has 6 heteroatoms. The molecule has 0 saturated carbocycles. The van der Waals surface area contributed by atoms with Crippen LogP contribution in [0.3, 0.4) is 0 Å². The highest BCUT2D eigenvalue weighted by molar-refractivity contribution is 5.62. The monoisotopic (exact) mass is 266 g/mol. The molecule has 1 rings (SSSR count). The SMILES string of the molecule is CN(Cc1ccc([N+](=O)[O-])c(NN)c1)CC(C)(C)C. The van der Waals surface area contributed by atoms with Gasteiger partial charge in [-0.1, -0.05) is 26.8 Å². The number of hydrogen-bond donors (Lipinski definition) is 2. The molecule has 3 N–H and O–H groups in total. The lowest BCUT2D eigenvalue weighted by atomic mass is 9.96. The minimum atomic E-state index is -0.447. The van der Waals surface area contributed by atoms with Gasteiger partial charge in [-0.25, -0.2) is 0 Å². The van der Waals surface area contributed by atoms with E-state index < -0.39 is 4.92 Å². The Morgan fingerprint density at radius 2 is 2.05 bits per heavy atom. The number of anilines is 1. The number of rotatable bonds is 5. The zero-order chi connectivity index (χ0) is 14.6. The summed E-state index contributed by atoms with van der Waals surface area (Å²) in [6.07, 6.45) is 0. The van der Waals surface area contributed by atoms with Crippen LogP contribution in [0.25, 0.3) is 0 Å². The summed E-state index contributed by atoms with van der Waals surface area (Å²) in [4.78, 5) is 12.5. The molecule has 0 heterocycles. The first kappa shape index (κ1) is 15.4. The number of nitrogen functional groups attached to an aromatic ring is 1. The second kappa shape index (κ2) is 5.99. The molecular formula is C13H22N4O2. The number of nitrogens with one attached hydrogen (secondary N) is 1. The fraction of sp³-hybridized carbons (Fsp3) is 0.538. The highest BCUT2D eigenvalue weighted by atomic mass is 16.6. The molecule has 0 amide bonds. The van der Waals surface area contributed by atoms with Crippen LogP contribution in [0.15, 0.2) is 18.2 Å². The van der Waals surface area contributed by atoms with Crippen LogP contribution in [0, 0.1) is 15.5 Å². The van der Waals surface area contributed by atoms with Gasteiger partial charge in [-0.3, -0.25) is 16.0 Å². The first-order valence-corrected chi connectivity index (χ1v) is 6.15. The highest BCUT2D eigenvalue weighted by Crippen LogP contribution is 2.25. The number of benzene rings is 1. The van der Waals surface area contributed by atoms with E-state index in [0.29, 0.717) is 5.69 Å². The predicted molar refractivity (Wildman–Crippen MR) is 76.7 cm³/mol. The Hall–Kier alpha value is -1.66. The molecule has 0 spiro atoms. The topological polar surface area (TPSA) is 84.4 Å². The first-order valence-electron chi connectivity index (χ1n) is 6.15. The lowest BCUT2D eigenvalue weighted by molar-refractivity contribution is -0.384. The summed E-state index contributed by atoms with van der Waals surface area (Å²) >= 11 is 0. The van der Waals surface area contributed by atoms with Crippen molar-refractivity contribution in [2.45, 2.75) is 27.3 Å². The number of nitrogens with two attached hydrogens (primary N) is 1. The number of nitro groups is 1. The van der Waals surface area contributed by atoms with E-state index in [1.807, 2.05) is 7.05 Å². The van der Waals surface area contributed by atoms with E-state index in [1.165, 1.54) is 6.07 Å². The van der Waals surface area contributed by atoms with Crippen molar-refractivity contribution in [3.8, 4) is 0 Å². The Morgan fingerprint density at radius 3 is 2.53 bits per heavy atom. The molecule has 0 saturated heterocycles. The largest absolute Gasteiger partial charge is 0.318 e. The van der Waals surface area contributed by atoms with E-state index in [1.54, 1.807) is 12.1 Å². The molecule has 0 aliphatic rings. The van der Waals surface area contributed by atoms with Gasteiger partial charge in [0.05, 0.1) is 4.92 Å². The zero-order valence-corrected chi connectivity index (χ0v) is 11.9. The molecular weight excluding hydrogens is 244 g/mol. The summed E-state index contributed by atoms with van der Waals surface area (Å²) in [5, 5.41) is 10.8. The molecule has 0 bridgehead atoms. The minimum absolute atomic E-state index is 0.00951. The number of nitro benzene ring substituents is 1. The summed E-state index contributed by atoms with van der Waals surface area (Å²) in [6, 6.07) is 4.96. The summed E-state index contributed by atoms with van der Waals surface area (Å²) in [5.74, 6) is 5.32. The van der Waals surface area contributed by atoms with Crippen molar-refractivity contribution in [1.82, 2.24) is 4.90 Å². The van der Waals surface area contributed by atoms with Crippen LogP contribution in [-0.2, 0) is 6.54 Å². The van der Waals surface area contributed by atoms with Crippen LogP contribution in [0.4, 0.5) is 11.4 Å². The Bertz CT molecular complexity index is 454. The molecule has 0 aromatic heterocycles. The van der Waals surface area contributed by atoms with Gasteiger partial charge >= 0.3 is 0 Å². The van der Waals surface area contributed by atoms with Crippen molar-refractivity contribution in [3.05, 3.63) is 33.9 Å². The van der Waals surface area contributed by atoms with Crippen molar-refractivity contribution >= 4 is 11.4 Å². The Morgan fingerprint density at radius 1 is 1.42 bits per heavy atom. The third-order valence-electron chi connectivity index (χ3n) is 2.61. The molecule has 19 heavy (non-hydrogen) atoms. The van der Waals surface area contributed by atoms with Gasteiger partial charge in [0.2, 0.25) is 0 Å². The van der Waals surface area contributed by atoms with Crippen molar-refractivity contribution < 1.29 is 4.92 Å². The van der Waals surface area contributed by atoms with Gasteiger partial charge in [-0.05, 0) is 24.1 Å². The maximum absolute atomic E-state index is 10.8. The molecule has 6 nitrogen and oxygen atoms in total. The van der Waals surface area contributed by atoms with E-state index in [0.717, 1.165) is 18.7 Å². The van der Waals surface area contributed by atoms with Crippen molar-refractivity contribution in [2.75, 3.05) is 19.0 Å². The summed E-state index contributed by atoms with van der Waals surface area (Å²) in [6.45, 7) is 8.18. The molecule has 1 aromatic rings. The van der Waals surface area contributed by atoms with Crippen LogP contribution in [0.2, 0.25) is 0 Å². The van der Waals surface area contributed by atoms with Crippen molar-refractivity contribution in [2.24, 2.45) is 11.3 Å². The molecule has 1 aromatic carbocycles.